The summed E-state index contributed by atoms with van der Waals surface area (Å²) < 4.78 is 1.59. The fourth-order valence-corrected chi connectivity index (χ4v) is 2.83. The molecule has 0 spiro atoms. The average molecular weight is 264 g/mol. The normalized spacial score (nSPS) is 15.6. The zero-order valence-corrected chi connectivity index (χ0v) is 10.6. The summed E-state index contributed by atoms with van der Waals surface area (Å²) in [5, 5.41) is 19.5. The van der Waals surface area contributed by atoms with E-state index in [2.05, 4.69) is 15.3 Å². The minimum atomic E-state index is -1.02. The molecule has 7 heteroatoms. The summed E-state index contributed by atoms with van der Waals surface area (Å²) in [6, 6.07) is 0. The molecule has 0 amide bonds. The monoisotopic (exact) mass is 264 g/mol. The van der Waals surface area contributed by atoms with E-state index in [4.69, 9.17) is 5.11 Å². The van der Waals surface area contributed by atoms with E-state index < -0.39 is 5.97 Å². The van der Waals surface area contributed by atoms with Gasteiger partial charge >= 0.3 is 5.97 Å². The Hall–Kier alpha value is -1.76. The number of carbonyl (C=O) groups is 1. The lowest BCUT2D eigenvalue weighted by atomic mass is 9.82. The Bertz CT molecular complexity index is 600. The van der Waals surface area contributed by atoms with Crippen LogP contribution in [0.25, 0.3) is 5.13 Å². The minimum absolute atomic E-state index is 0.0625. The first-order valence-electron chi connectivity index (χ1n) is 5.78. The Balaban J connectivity index is 2.11. The van der Waals surface area contributed by atoms with Crippen molar-refractivity contribution < 1.29 is 9.90 Å². The molecule has 0 unspecified atom stereocenters. The quantitative estimate of drug-likeness (QED) is 0.917. The van der Waals surface area contributed by atoms with E-state index >= 15 is 0 Å². The van der Waals surface area contributed by atoms with Crippen LogP contribution in [0.15, 0.2) is 5.38 Å². The second-order valence-corrected chi connectivity index (χ2v) is 5.28. The van der Waals surface area contributed by atoms with Gasteiger partial charge in [0.25, 0.3) is 0 Å². The summed E-state index contributed by atoms with van der Waals surface area (Å²) in [6.07, 6.45) is 3.13. The predicted octanol–water partition coefficient (Wildman–Crippen LogP) is 2.00. The van der Waals surface area contributed by atoms with Crippen LogP contribution >= 0.6 is 11.3 Å². The van der Waals surface area contributed by atoms with Crippen LogP contribution in [0.3, 0.4) is 0 Å². The predicted molar refractivity (Wildman–Crippen MR) is 65.3 cm³/mol. The Morgan fingerprint density at radius 1 is 1.56 bits per heavy atom. The van der Waals surface area contributed by atoms with Gasteiger partial charge in [-0.25, -0.2) is 9.78 Å². The number of nitrogens with zero attached hydrogens (tertiary/aromatic N) is 4. The molecule has 0 aliphatic heterocycles. The van der Waals surface area contributed by atoms with Gasteiger partial charge in [0.2, 0.25) is 5.13 Å². The van der Waals surface area contributed by atoms with Crippen molar-refractivity contribution in [3.05, 3.63) is 22.5 Å². The Morgan fingerprint density at radius 2 is 2.33 bits per heavy atom. The number of rotatable bonds is 3. The number of aryl methyl sites for hydroxylation is 1. The lowest BCUT2D eigenvalue weighted by molar-refractivity contribution is 0.0687. The summed E-state index contributed by atoms with van der Waals surface area (Å²) in [6.45, 7) is 1.90. The lowest BCUT2D eigenvalue weighted by Gasteiger charge is -2.25. The molecule has 2 aromatic heterocycles. The first kappa shape index (κ1) is 11.3. The van der Waals surface area contributed by atoms with Crippen LogP contribution in [0.2, 0.25) is 0 Å². The van der Waals surface area contributed by atoms with E-state index in [1.807, 2.05) is 12.3 Å². The van der Waals surface area contributed by atoms with Crippen molar-refractivity contribution >= 4 is 17.3 Å². The van der Waals surface area contributed by atoms with E-state index in [0.29, 0.717) is 10.8 Å². The zero-order valence-electron chi connectivity index (χ0n) is 9.83. The van der Waals surface area contributed by atoms with Crippen molar-refractivity contribution in [2.24, 2.45) is 0 Å². The highest BCUT2D eigenvalue weighted by molar-refractivity contribution is 7.12. The lowest BCUT2D eigenvalue weighted by Crippen LogP contribution is -2.17. The summed E-state index contributed by atoms with van der Waals surface area (Å²) >= 11 is 1.45. The van der Waals surface area contributed by atoms with Crippen molar-refractivity contribution in [3.63, 3.8) is 0 Å². The molecule has 2 heterocycles. The highest BCUT2D eigenvalue weighted by Crippen LogP contribution is 2.38. The topological polar surface area (TPSA) is 80.9 Å². The Morgan fingerprint density at radius 3 is 2.83 bits per heavy atom. The average Bonchev–Trinajstić information content (AvgIpc) is 2.82. The third-order valence-electron chi connectivity index (χ3n) is 3.19. The second-order valence-electron chi connectivity index (χ2n) is 4.44. The molecule has 1 saturated carbocycles. The molecule has 94 valence electrons. The first-order valence-corrected chi connectivity index (χ1v) is 6.66. The van der Waals surface area contributed by atoms with Gasteiger partial charge in [0, 0.05) is 11.3 Å². The second kappa shape index (κ2) is 4.16. The highest BCUT2D eigenvalue weighted by atomic mass is 32.1. The molecule has 6 nitrogen and oxygen atoms in total. The molecule has 1 aliphatic rings. The van der Waals surface area contributed by atoms with Crippen molar-refractivity contribution in [2.75, 3.05) is 0 Å². The van der Waals surface area contributed by atoms with Crippen LogP contribution < -0.4 is 0 Å². The molecule has 1 fully saturated rings. The number of thiazole rings is 1. The van der Waals surface area contributed by atoms with Crippen LogP contribution in [0, 0.1) is 6.92 Å². The van der Waals surface area contributed by atoms with Gasteiger partial charge < -0.3 is 5.11 Å². The summed E-state index contributed by atoms with van der Waals surface area (Å²) in [7, 11) is 0. The zero-order chi connectivity index (χ0) is 12.7. The third-order valence-corrected chi connectivity index (χ3v) is 4.12. The molecular formula is C11H12N4O2S. The van der Waals surface area contributed by atoms with Crippen LogP contribution in [0.4, 0.5) is 0 Å². The number of hydrogen-bond acceptors (Lipinski definition) is 5. The van der Waals surface area contributed by atoms with Gasteiger partial charge in [-0.1, -0.05) is 11.6 Å². The SMILES string of the molecule is Cc1csc(-n2nnc(C(=O)O)c2C2CCC2)n1. The van der Waals surface area contributed by atoms with Gasteiger partial charge in [0.05, 0.1) is 11.4 Å². The molecule has 0 bridgehead atoms. The van der Waals surface area contributed by atoms with E-state index in [1.54, 1.807) is 4.68 Å². The van der Waals surface area contributed by atoms with Crippen molar-refractivity contribution in [2.45, 2.75) is 32.1 Å². The van der Waals surface area contributed by atoms with Crippen LogP contribution in [0.5, 0.6) is 0 Å². The number of hydrogen-bond donors (Lipinski definition) is 1. The smallest absolute Gasteiger partial charge is 0.358 e. The van der Waals surface area contributed by atoms with Gasteiger partial charge in [0.15, 0.2) is 5.69 Å². The number of aromatic carboxylic acids is 1. The van der Waals surface area contributed by atoms with Gasteiger partial charge in [-0.2, -0.15) is 4.68 Å². The summed E-state index contributed by atoms with van der Waals surface area (Å²) in [5.41, 5.74) is 1.66. The molecule has 1 N–H and O–H groups in total. The molecule has 2 aromatic rings. The maximum Gasteiger partial charge on any atom is 0.358 e. The van der Waals surface area contributed by atoms with E-state index in [1.165, 1.54) is 11.3 Å². The van der Waals surface area contributed by atoms with Gasteiger partial charge in [-0.05, 0) is 19.8 Å². The van der Waals surface area contributed by atoms with Crippen molar-refractivity contribution in [1.82, 2.24) is 20.0 Å². The maximum absolute atomic E-state index is 11.2. The molecule has 18 heavy (non-hydrogen) atoms. The van der Waals surface area contributed by atoms with Gasteiger partial charge in [0.1, 0.15) is 0 Å². The molecule has 0 saturated heterocycles. The first-order chi connectivity index (χ1) is 8.66. The molecular weight excluding hydrogens is 252 g/mol. The maximum atomic E-state index is 11.2. The summed E-state index contributed by atoms with van der Waals surface area (Å²) in [4.78, 5) is 15.5. The fraction of sp³-hybridized carbons (Fsp3) is 0.455. The van der Waals surface area contributed by atoms with Crippen molar-refractivity contribution in [1.29, 1.82) is 0 Å². The standard InChI is InChI=1S/C11H12N4O2S/c1-6-5-18-11(12-6)15-9(7-3-2-4-7)8(10(16)17)13-14-15/h5,7H,2-4H2,1H3,(H,16,17). The van der Waals surface area contributed by atoms with Gasteiger partial charge in [-0.3, -0.25) is 0 Å². The molecule has 1 aliphatic carbocycles. The van der Waals surface area contributed by atoms with Crippen LogP contribution in [-0.2, 0) is 0 Å². The molecule has 3 rings (SSSR count). The Labute approximate surface area is 107 Å². The van der Waals surface area contributed by atoms with Crippen molar-refractivity contribution in [3.8, 4) is 5.13 Å². The fourth-order valence-electron chi connectivity index (χ4n) is 2.07. The number of carboxylic acids is 1. The molecule has 0 aromatic carbocycles. The van der Waals surface area contributed by atoms with E-state index in [0.717, 1.165) is 25.0 Å². The van der Waals surface area contributed by atoms with E-state index in [-0.39, 0.29) is 11.6 Å². The minimum Gasteiger partial charge on any atom is -0.476 e. The van der Waals surface area contributed by atoms with E-state index in [9.17, 15) is 4.79 Å². The molecule has 0 atom stereocenters. The highest BCUT2D eigenvalue weighted by Gasteiger charge is 2.31. The van der Waals surface area contributed by atoms with Crippen LogP contribution in [0.1, 0.15) is 47.1 Å². The van der Waals surface area contributed by atoms with Crippen LogP contribution in [-0.4, -0.2) is 31.1 Å². The van der Waals surface area contributed by atoms with Gasteiger partial charge in [-0.15, -0.1) is 16.4 Å². The largest absolute Gasteiger partial charge is 0.476 e. The number of carboxylic acid groups (broad SMARTS) is 1. The number of aromatic nitrogens is 4. The summed E-state index contributed by atoms with van der Waals surface area (Å²) in [5.74, 6) is -0.772. The molecule has 0 radical (unpaired) electrons. The Kier molecular flexibility index (Phi) is 2.62. The third kappa shape index (κ3) is 1.71.